The first-order chi connectivity index (χ1) is 14.7. The van der Waals surface area contributed by atoms with Gasteiger partial charge < -0.3 is 9.80 Å². The van der Waals surface area contributed by atoms with E-state index in [1.54, 1.807) is 0 Å². The molecule has 4 aliphatic heterocycles. The van der Waals surface area contributed by atoms with Crippen molar-refractivity contribution in [2.24, 2.45) is 11.8 Å². The van der Waals surface area contributed by atoms with Gasteiger partial charge in [-0.1, -0.05) is 6.42 Å². The van der Waals surface area contributed by atoms with E-state index in [4.69, 9.17) is 0 Å². The first-order valence-corrected chi connectivity index (χ1v) is 12.7. The van der Waals surface area contributed by atoms with E-state index < -0.39 is 0 Å². The highest BCUT2D eigenvalue weighted by Gasteiger charge is 2.40. The van der Waals surface area contributed by atoms with Crippen molar-refractivity contribution in [1.82, 2.24) is 19.6 Å². The fourth-order valence-corrected chi connectivity index (χ4v) is 6.85. The number of rotatable bonds is 4. The molecule has 168 valence electrons. The Morgan fingerprint density at radius 1 is 0.533 bits per heavy atom. The summed E-state index contributed by atoms with van der Waals surface area (Å²) in [5, 5.41) is 0. The molecule has 0 aromatic carbocycles. The maximum absolute atomic E-state index is 13.3. The topological polar surface area (TPSA) is 47.1 Å². The zero-order valence-electron chi connectivity index (χ0n) is 18.6. The van der Waals surface area contributed by atoms with Crippen LogP contribution in [0.3, 0.4) is 0 Å². The molecule has 4 atom stereocenters. The van der Waals surface area contributed by atoms with Gasteiger partial charge in [-0.25, -0.2) is 0 Å². The molecule has 0 N–H and O–H groups in total. The third kappa shape index (κ3) is 4.27. The molecule has 6 heteroatoms. The third-order valence-corrected chi connectivity index (χ3v) is 8.64. The molecule has 5 rings (SSSR count). The van der Waals surface area contributed by atoms with E-state index in [1.807, 2.05) is 0 Å². The van der Waals surface area contributed by atoms with E-state index in [-0.39, 0.29) is 11.8 Å². The normalized spacial score (nSPS) is 36.1. The summed E-state index contributed by atoms with van der Waals surface area (Å²) in [6.07, 6.45) is 11.3. The van der Waals surface area contributed by atoms with Gasteiger partial charge >= 0.3 is 0 Å². The molecule has 30 heavy (non-hydrogen) atoms. The molecule has 4 unspecified atom stereocenters. The summed E-state index contributed by atoms with van der Waals surface area (Å²) in [6.45, 7) is 8.50. The maximum Gasteiger partial charge on any atom is 0.225 e. The van der Waals surface area contributed by atoms with Gasteiger partial charge in [-0.15, -0.1) is 0 Å². The van der Waals surface area contributed by atoms with Crippen LogP contribution in [-0.2, 0) is 9.59 Å². The van der Waals surface area contributed by atoms with Crippen molar-refractivity contribution in [2.75, 3.05) is 52.4 Å². The van der Waals surface area contributed by atoms with E-state index in [9.17, 15) is 9.59 Å². The minimum absolute atomic E-state index is 0.0713. The predicted molar refractivity (Wildman–Crippen MR) is 117 cm³/mol. The van der Waals surface area contributed by atoms with Gasteiger partial charge in [-0.3, -0.25) is 19.4 Å². The number of hydrogen-bond acceptors (Lipinski definition) is 4. The Balaban J connectivity index is 1.13. The molecule has 6 nitrogen and oxygen atoms in total. The van der Waals surface area contributed by atoms with Crippen molar-refractivity contribution in [3.05, 3.63) is 0 Å². The number of carbonyl (C=O) groups excluding carboxylic acids is 2. The van der Waals surface area contributed by atoms with Crippen molar-refractivity contribution in [3.63, 3.8) is 0 Å². The van der Waals surface area contributed by atoms with Crippen LogP contribution in [0.1, 0.15) is 64.2 Å². The molecule has 0 bridgehead atoms. The zero-order valence-corrected chi connectivity index (χ0v) is 18.6. The lowest BCUT2D eigenvalue weighted by atomic mass is 9.80. The van der Waals surface area contributed by atoms with Crippen LogP contribution in [0, 0.1) is 11.8 Å². The maximum atomic E-state index is 13.3. The minimum Gasteiger partial charge on any atom is -0.341 e. The quantitative estimate of drug-likeness (QED) is 0.705. The number of hydrogen-bond donors (Lipinski definition) is 0. The van der Waals surface area contributed by atoms with Crippen LogP contribution in [0.25, 0.3) is 0 Å². The Kier molecular flexibility index (Phi) is 6.33. The van der Waals surface area contributed by atoms with Crippen molar-refractivity contribution in [3.8, 4) is 0 Å². The molecular weight excluding hydrogens is 376 g/mol. The summed E-state index contributed by atoms with van der Waals surface area (Å²) in [5.74, 6) is 0.820. The highest BCUT2D eigenvalue weighted by molar-refractivity contribution is 5.83. The third-order valence-electron chi connectivity index (χ3n) is 8.64. The second-order valence-electron chi connectivity index (χ2n) is 10.5. The molecule has 1 saturated carbocycles. The number of amides is 2. The molecule has 2 amide bonds. The lowest BCUT2D eigenvalue weighted by Crippen LogP contribution is -2.43. The zero-order chi connectivity index (χ0) is 20.5. The summed E-state index contributed by atoms with van der Waals surface area (Å²) in [5.41, 5.74) is 0. The highest BCUT2D eigenvalue weighted by Crippen LogP contribution is 2.34. The van der Waals surface area contributed by atoms with E-state index in [1.165, 1.54) is 51.9 Å². The van der Waals surface area contributed by atoms with Crippen molar-refractivity contribution >= 4 is 11.8 Å². The first-order valence-electron chi connectivity index (χ1n) is 12.7. The monoisotopic (exact) mass is 416 g/mol. The molecule has 1 aliphatic carbocycles. The van der Waals surface area contributed by atoms with E-state index in [0.29, 0.717) is 23.9 Å². The van der Waals surface area contributed by atoms with Gasteiger partial charge in [0.25, 0.3) is 0 Å². The number of likely N-dealkylation sites (tertiary alicyclic amines) is 4. The average molecular weight is 417 g/mol. The van der Waals surface area contributed by atoms with Crippen LogP contribution in [0.5, 0.6) is 0 Å². The molecule has 0 radical (unpaired) electrons. The van der Waals surface area contributed by atoms with Crippen LogP contribution in [-0.4, -0.2) is 95.9 Å². The van der Waals surface area contributed by atoms with Crippen molar-refractivity contribution in [2.45, 2.75) is 76.3 Å². The fraction of sp³-hybridized carbons (Fsp3) is 0.917. The molecule has 0 aromatic rings. The fourth-order valence-electron chi connectivity index (χ4n) is 6.85. The summed E-state index contributed by atoms with van der Waals surface area (Å²) in [6, 6.07) is 1.15. The van der Waals surface area contributed by atoms with Crippen LogP contribution >= 0.6 is 0 Å². The Morgan fingerprint density at radius 2 is 0.967 bits per heavy atom. The summed E-state index contributed by atoms with van der Waals surface area (Å²) in [7, 11) is 0. The largest absolute Gasteiger partial charge is 0.341 e. The van der Waals surface area contributed by atoms with Crippen LogP contribution in [0.2, 0.25) is 0 Å². The SMILES string of the molecule is O=C(C1CCCC(C(=O)N2CCC(N3CCCC3)C2)C1)N1CCC(N2CCCC2)C1. The molecule has 5 fully saturated rings. The minimum atomic E-state index is 0.0713. The van der Waals surface area contributed by atoms with Gasteiger partial charge in [0.15, 0.2) is 0 Å². The van der Waals surface area contributed by atoms with Gasteiger partial charge in [0.2, 0.25) is 11.8 Å². The van der Waals surface area contributed by atoms with Gasteiger partial charge in [0.1, 0.15) is 0 Å². The van der Waals surface area contributed by atoms with Gasteiger partial charge in [-0.2, -0.15) is 0 Å². The van der Waals surface area contributed by atoms with Gasteiger partial charge in [0, 0.05) is 50.1 Å². The molecule has 4 saturated heterocycles. The van der Waals surface area contributed by atoms with E-state index in [2.05, 4.69) is 19.6 Å². The van der Waals surface area contributed by atoms with Gasteiger partial charge in [0.05, 0.1) is 0 Å². The molecule has 4 heterocycles. The Labute approximate surface area is 181 Å². The Morgan fingerprint density at radius 3 is 1.40 bits per heavy atom. The first kappa shape index (κ1) is 20.7. The Bertz CT molecular complexity index is 577. The lowest BCUT2D eigenvalue weighted by molar-refractivity contribution is -0.140. The Hall–Kier alpha value is -1.14. The molecular formula is C24H40N4O2. The van der Waals surface area contributed by atoms with Gasteiger partial charge in [-0.05, 0) is 84.0 Å². The van der Waals surface area contributed by atoms with Crippen molar-refractivity contribution in [1.29, 1.82) is 0 Å². The molecule has 5 aliphatic rings. The smallest absolute Gasteiger partial charge is 0.225 e. The molecule has 0 spiro atoms. The molecule has 0 aromatic heterocycles. The van der Waals surface area contributed by atoms with Crippen molar-refractivity contribution < 1.29 is 9.59 Å². The summed E-state index contributed by atoms with van der Waals surface area (Å²) >= 11 is 0. The summed E-state index contributed by atoms with van der Waals surface area (Å²) in [4.78, 5) is 35.9. The standard InChI is InChI=1S/C24H40N4O2/c29-23(27-14-8-21(17-27)25-10-1-2-11-25)19-6-5-7-20(16-19)24(30)28-15-9-22(18-28)26-12-3-4-13-26/h19-22H,1-18H2. The number of carbonyl (C=O) groups is 2. The summed E-state index contributed by atoms with van der Waals surface area (Å²) < 4.78 is 0. The second kappa shape index (κ2) is 9.15. The van der Waals surface area contributed by atoms with Crippen LogP contribution < -0.4 is 0 Å². The number of nitrogens with zero attached hydrogens (tertiary/aromatic N) is 4. The lowest BCUT2D eigenvalue weighted by Gasteiger charge is -2.33. The predicted octanol–water partition coefficient (Wildman–Crippen LogP) is 2.19. The van der Waals surface area contributed by atoms with Crippen LogP contribution in [0.15, 0.2) is 0 Å². The van der Waals surface area contributed by atoms with Crippen LogP contribution in [0.4, 0.5) is 0 Å². The highest BCUT2D eigenvalue weighted by atomic mass is 16.2. The van der Waals surface area contributed by atoms with E-state index >= 15 is 0 Å². The van der Waals surface area contributed by atoms with E-state index in [0.717, 1.165) is 64.7 Å². The second-order valence-corrected chi connectivity index (χ2v) is 10.5. The average Bonchev–Trinajstić information content (AvgIpc) is 3.59.